The second-order valence-corrected chi connectivity index (χ2v) is 7.08. The molecule has 4 atom stereocenters. The van der Waals surface area contributed by atoms with Gasteiger partial charge in [0.2, 0.25) is 0 Å². The summed E-state index contributed by atoms with van der Waals surface area (Å²) in [7, 11) is 0. The molecule has 4 nitrogen and oxygen atoms in total. The predicted octanol–water partition coefficient (Wildman–Crippen LogP) is 1.55. The van der Waals surface area contributed by atoms with Crippen molar-refractivity contribution in [3.05, 3.63) is 35.4 Å². The van der Waals surface area contributed by atoms with E-state index in [1.165, 1.54) is 11.1 Å². The van der Waals surface area contributed by atoms with E-state index in [0.717, 1.165) is 13.0 Å². The number of hydrogen-bond acceptors (Lipinski definition) is 3. The van der Waals surface area contributed by atoms with Gasteiger partial charge in [-0.15, -0.1) is 0 Å². The van der Waals surface area contributed by atoms with Crippen molar-refractivity contribution in [3.63, 3.8) is 0 Å². The highest BCUT2D eigenvalue weighted by Crippen LogP contribution is 2.56. The second kappa shape index (κ2) is 5.36. The third kappa shape index (κ3) is 2.34. The minimum absolute atomic E-state index is 0.0715. The zero-order valence-electron chi connectivity index (χ0n) is 13.3. The molecule has 0 unspecified atom stereocenters. The van der Waals surface area contributed by atoms with Crippen LogP contribution < -0.4 is 5.32 Å². The Morgan fingerprint density at radius 3 is 3.00 bits per heavy atom. The number of amides is 1. The van der Waals surface area contributed by atoms with Crippen LogP contribution in [0, 0.1) is 5.92 Å². The Morgan fingerprint density at radius 2 is 2.18 bits per heavy atom. The number of benzene rings is 1. The third-order valence-corrected chi connectivity index (χ3v) is 5.47. The average Bonchev–Trinajstić information content (AvgIpc) is 3.04. The van der Waals surface area contributed by atoms with Crippen molar-refractivity contribution < 1.29 is 9.53 Å². The molecule has 118 valence electrons. The highest BCUT2D eigenvalue weighted by Gasteiger charge is 2.56. The lowest BCUT2D eigenvalue weighted by atomic mass is 10.1. The number of carbonyl (C=O) groups excluding carboxylic acids is 1. The number of ether oxygens (including phenoxy) is 1. The Bertz CT molecular complexity index is 586. The first-order valence-corrected chi connectivity index (χ1v) is 8.39. The maximum atomic E-state index is 12.5. The molecular formula is C18H24N2O2. The van der Waals surface area contributed by atoms with Crippen LogP contribution in [-0.2, 0) is 16.0 Å². The summed E-state index contributed by atoms with van der Waals surface area (Å²) in [6, 6.07) is 9.41. The van der Waals surface area contributed by atoms with Crippen LogP contribution in [-0.4, -0.2) is 48.7 Å². The van der Waals surface area contributed by atoms with E-state index in [9.17, 15) is 4.79 Å². The summed E-state index contributed by atoms with van der Waals surface area (Å²) < 4.78 is 5.69. The van der Waals surface area contributed by atoms with Crippen LogP contribution in [0.3, 0.4) is 0 Å². The predicted molar refractivity (Wildman–Crippen MR) is 84.8 cm³/mol. The zero-order valence-corrected chi connectivity index (χ0v) is 13.3. The monoisotopic (exact) mass is 300 g/mol. The van der Waals surface area contributed by atoms with Crippen molar-refractivity contribution in [1.82, 2.24) is 10.2 Å². The van der Waals surface area contributed by atoms with Gasteiger partial charge in [0.05, 0.1) is 6.61 Å². The van der Waals surface area contributed by atoms with Crippen LogP contribution in [0.1, 0.15) is 30.9 Å². The van der Waals surface area contributed by atoms with Gasteiger partial charge in [0.1, 0.15) is 6.10 Å². The smallest absolute Gasteiger partial charge is 0.250 e. The third-order valence-electron chi connectivity index (χ3n) is 5.47. The molecule has 4 rings (SSSR count). The number of nitrogens with one attached hydrogen (secondary N) is 1. The number of hydrogen-bond donors (Lipinski definition) is 1. The van der Waals surface area contributed by atoms with Crippen molar-refractivity contribution >= 4 is 5.91 Å². The summed E-state index contributed by atoms with van der Waals surface area (Å²) in [4.78, 5) is 14.8. The van der Waals surface area contributed by atoms with E-state index in [4.69, 9.17) is 4.74 Å². The van der Waals surface area contributed by atoms with Gasteiger partial charge in [-0.2, -0.15) is 0 Å². The normalized spacial score (nSPS) is 33.4. The van der Waals surface area contributed by atoms with Gasteiger partial charge < -0.3 is 10.1 Å². The molecule has 0 aromatic heterocycles. The van der Waals surface area contributed by atoms with Crippen molar-refractivity contribution in [2.24, 2.45) is 5.92 Å². The van der Waals surface area contributed by atoms with Crippen molar-refractivity contribution in [3.8, 4) is 0 Å². The van der Waals surface area contributed by atoms with E-state index in [2.05, 4.69) is 48.3 Å². The fraction of sp³-hybridized carbons (Fsp3) is 0.611. The summed E-state index contributed by atoms with van der Waals surface area (Å²) in [5.41, 5.74) is 2.90. The standard InChI is InChI=1S/C18H24N2O2/c1-11(2)20-7-8-22-15(10-20)18(21)19-17-14-9-12-5-3-4-6-13(12)16(14)17/h3-6,11,14-17H,7-10H2,1-2H3,(H,19,21)/t14-,15+,16+,17-/m1/s1. The average molecular weight is 300 g/mol. The molecule has 1 saturated carbocycles. The van der Waals surface area contributed by atoms with Crippen LogP contribution in [0.25, 0.3) is 0 Å². The lowest BCUT2D eigenvalue weighted by Crippen LogP contribution is -2.52. The summed E-state index contributed by atoms with van der Waals surface area (Å²) in [6.07, 6.45) is 0.794. The fourth-order valence-electron chi connectivity index (χ4n) is 4.10. The number of rotatable bonds is 3. The Hall–Kier alpha value is -1.39. The summed E-state index contributed by atoms with van der Waals surface area (Å²) >= 11 is 0. The fourth-order valence-corrected chi connectivity index (χ4v) is 4.10. The second-order valence-electron chi connectivity index (χ2n) is 7.08. The van der Waals surface area contributed by atoms with Crippen LogP contribution in [0.4, 0.5) is 0 Å². The molecule has 1 saturated heterocycles. The van der Waals surface area contributed by atoms with E-state index in [0.29, 0.717) is 37.1 Å². The molecule has 1 aromatic rings. The maximum absolute atomic E-state index is 12.5. The van der Waals surface area contributed by atoms with Gasteiger partial charge in [0.15, 0.2) is 0 Å². The Kier molecular flexibility index (Phi) is 3.46. The Labute approximate surface area is 131 Å². The lowest BCUT2D eigenvalue weighted by Gasteiger charge is -2.34. The molecule has 0 radical (unpaired) electrons. The zero-order chi connectivity index (χ0) is 15.3. The Balaban J connectivity index is 1.37. The number of fused-ring (bicyclic) bond motifs is 3. The number of nitrogens with zero attached hydrogens (tertiary/aromatic N) is 1. The van der Waals surface area contributed by atoms with Crippen LogP contribution in [0.5, 0.6) is 0 Å². The SMILES string of the molecule is CC(C)N1CCO[C@H](C(=O)N[C@@H]2[C@@H]3Cc4ccccc4[C@@H]32)C1. The van der Waals surface area contributed by atoms with E-state index < -0.39 is 0 Å². The molecule has 2 aliphatic carbocycles. The van der Waals surface area contributed by atoms with E-state index >= 15 is 0 Å². The van der Waals surface area contributed by atoms with Gasteiger partial charge in [0.25, 0.3) is 5.91 Å². The number of carbonyl (C=O) groups is 1. The van der Waals surface area contributed by atoms with Gasteiger partial charge >= 0.3 is 0 Å². The highest BCUT2D eigenvalue weighted by atomic mass is 16.5. The summed E-state index contributed by atoms with van der Waals surface area (Å²) in [5, 5.41) is 3.24. The van der Waals surface area contributed by atoms with E-state index in [-0.39, 0.29) is 12.0 Å². The van der Waals surface area contributed by atoms with Crippen molar-refractivity contribution in [2.45, 2.75) is 44.4 Å². The van der Waals surface area contributed by atoms with Crippen molar-refractivity contribution in [1.29, 1.82) is 0 Å². The van der Waals surface area contributed by atoms with E-state index in [1.807, 2.05) is 0 Å². The van der Waals surface area contributed by atoms with Crippen molar-refractivity contribution in [2.75, 3.05) is 19.7 Å². The summed E-state index contributed by atoms with van der Waals surface area (Å²) in [5.74, 6) is 1.21. The molecule has 0 spiro atoms. The lowest BCUT2D eigenvalue weighted by molar-refractivity contribution is -0.139. The van der Waals surface area contributed by atoms with Gasteiger partial charge in [-0.1, -0.05) is 24.3 Å². The largest absolute Gasteiger partial charge is 0.366 e. The minimum Gasteiger partial charge on any atom is -0.366 e. The van der Waals surface area contributed by atoms with Crippen LogP contribution >= 0.6 is 0 Å². The molecule has 2 fully saturated rings. The molecule has 1 aliphatic heterocycles. The first-order chi connectivity index (χ1) is 10.6. The molecule has 22 heavy (non-hydrogen) atoms. The Morgan fingerprint density at radius 1 is 1.36 bits per heavy atom. The topological polar surface area (TPSA) is 41.6 Å². The van der Waals surface area contributed by atoms with Crippen LogP contribution in [0.2, 0.25) is 0 Å². The maximum Gasteiger partial charge on any atom is 0.250 e. The first kappa shape index (κ1) is 14.2. The quantitative estimate of drug-likeness (QED) is 0.921. The molecule has 1 N–H and O–H groups in total. The van der Waals surface area contributed by atoms with Gasteiger partial charge in [-0.25, -0.2) is 0 Å². The molecule has 1 aromatic carbocycles. The molecule has 4 heteroatoms. The molecule has 3 aliphatic rings. The summed E-state index contributed by atoms with van der Waals surface area (Å²) in [6.45, 7) is 6.62. The molecule has 1 amide bonds. The highest BCUT2D eigenvalue weighted by molar-refractivity contribution is 5.82. The minimum atomic E-state index is -0.312. The molecule has 1 heterocycles. The van der Waals surface area contributed by atoms with Gasteiger partial charge in [0, 0.05) is 31.1 Å². The molecular weight excluding hydrogens is 276 g/mol. The molecule has 0 bridgehead atoms. The van der Waals surface area contributed by atoms with Crippen LogP contribution in [0.15, 0.2) is 24.3 Å². The van der Waals surface area contributed by atoms with Gasteiger partial charge in [-0.3, -0.25) is 9.69 Å². The van der Waals surface area contributed by atoms with E-state index in [1.54, 1.807) is 0 Å². The number of morpholine rings is 1. The van der Waals surface area contributed by atoms with Gasteiger partial charge in [-0.05, 0) is 37.3 Å². The first-order valence-electron chi connectivity index (χ1n) is 8.39.